The van der Waals surface area contributed by atoms with Gasteiger partial charge < -0.3 is 15.7 Å². The minimum atomic E-state index is -0.879. The van der Waals surface area contributed by atoms with Crippen LogP contribution in [0.1, 0.15) is 56.8 Å². The number of carbonyl (C=O) groups is 3. The van der Waals surface area contributed by atoms with Crippen LogP contribution in [0, 0.1) is 17.8 Å². The van der Waals surface area contributed by atoms with Gasteiger partial charge in [0, 0.05) is 22.9 Å². The molecule has 0 saturated heterocycles. The third-order valence-corrected chi connectivity index (χ3v) is 6.30. The van der Waals surface area contributed by atoms with Crippen molar-refractivity contribution in [2.45, 2.75) is 46.5 Å². The molecule has 6 nitrogen and oxygen atoms in total. The number of carboxylic acid groups (broad SMARTS) is 1. The molecule has 3 rings (SSSR count). The number of aliphatic carboxylic acids is 1. The first kappa shape index (κ1) is 25.9. The van der Waals surface area contributed by atoms with Gasteiger partial charge in [-0.25, -0.2) is 4.79 Å². The van der Waals surface area contributed by atoms with Gasteiger partial charge in [-0.3, -0.25) is 9.59 Å². The zero-order valence-electron chi connectivity index (χ0n) is 20.6. The van der Waals surface area contributed by atoms with Crippen LogP contribution in [0.2, 0.25) is 0 Å². The number of Topliss-reactive ketones (excluding diaryl/α,β-unsaturated/α-hetero) is 1. The second-order valence-corrected chi connectivity index (χ2v) is 9.28. The molecule has 2 aromatic rings. The number of benzene rings is 2. The molecule has 1 saturated carbocycles. The van der Waals surface area contributed by atoms with E-state index >= 15 is 0 Å². The predicted molar refractivity (Wildman–Crippen MR) is 139 cm³/mol. The highest BCUT2D eigenvalue weighted by atomic mass is 16.4. The standard InChI is InChI=1S/C29H34N2O4/c1-4-23(16-9-19(2)3)30-29(35)31-24-17-14-21(15-18-24)20-10-12-22(13-11-20)27(32)25-7-5-6-8-26(25)28(33)34/h4,9-19,25-26H,5-8H2,1-3H3,(H,33,34)(H2,30,31,35)/b16-9-,23-4+/t25?,26-/m1/s1. The van der Waals surface area contributed by atoms with E-state index < -0.39 is 17.8 Å². The Morgan fingerprint density at radius 3 is 2.03 bits per heavy atom. The van der Waals surface area contributed by atoms with Crippen molar-refractivity contribution < 1.29 is 19.5 Å². The minimum Gasteiger partial charge on any atom is -0.481 e. The van der Waals surface area contributed by atoms with Crippen LogP contribution in [0.4, 0.5) is 10.5 Å². The van der Waals surface area contributed by atoms with Crippen LogP contribution >= 0.6 is 0 Å². The molecule has 0 radical (unpaired) electrons. The van der Waals surface area contributed by atoms with Crippen LogP contribution in [-0.2, 0) is 4.79 Å². The molecule has 1 unspecified atom stereocenters. The van der Waals surface area contributed by atoms with E-state index in [1.54, 1.807) is 12.1 Å². The van der Waals surface area contributed by atoms with E-state index in [4.69, 9.17) is 0 Å². The van der Waals surface area contributed by atoms with Gasteiger partial charge in [-0.2, -0.15) is 0 Å². The summed E-state index contributed by atoms with van der Waals surface area (Å²) in [4.78, 5) is 36.8. The van der Waals surface area contributed by atoms with Crippen molar-refractivity contribution >= 4 is 23.5 Å². The minimum absolute atomic E-state index is 0.0852. The largest absolute Gasteiger partial charge is 0.481 e. The predicted octanol–water partition coefficient (Wildman–Crippen LogP) is 6.66. The maximum atomic E-state index is 13.0. The maximum Gasteiger partial charge on any atom is 0.323 e. The van der Waals surface area contributed by atoms with Crippen LogP contribution in [0.3, 0.4) is 0 Å². The van der Waals surface area contributed by atoms with Gasteiger partial charge in [0.15, 0.2) is 5.78 Å². The monoisotopic (exact) mass is 474 g/mol. The van der Waals surface area contributed by atoms with Crippen molar-refractivity contribution in [2.75, 3.05) is 5.32 Å². The van der Waals surface area contributed by atoms with Crippen molar-refractivity contribution in [1.29, 1.82) is 0 Å². The summed E-state index contributed by atoms with van der Waals surface area (Å²) >= 11 is 0. The zero-order chi connectivity index (χ0) is 25.4. The molecule has 0 aliphatic heterocycles. The number of carboxylic acids is 1. The Labute approximate surface area is 207 Å². The molecule has 2 aromatic carbocycles. The quantitative estimate of drug-likeness (QED) is 0.294. The second-order valence-electron chi connectivity index (χ2n) is 9.28. The fraction of sp³-hybridized carbons (Fsp3) is 0.345. The number of amides is 2. The van der Waals surface area contributed by atoms with Crippen molar-refractivity contribution in [1.82, 2.24) is 5.32 Å². The van der Waals surface area contributed by atoms with E-state index in [-0.39, 0.29) is 11.8 Å². The molecule has 35 heavy (non-hydrogen) atoms. The number of nitrogens with one attached hydrogen (secondary N) is 2. The zero-order valence-corrected chi connectivity index (χ0v) is 20.6. The van der Waals surface area contributed by atoms with Gasteiger partial charge in [-0.05, 0) is 55.0 Å². The average molecular weight is 475 g/mol. The van der Waals surface area contributed by atoms with E-state index in [2.05, 4.69) is 24.5 Å². The number of urea groups is 1. The second kappa shape index (κ2) is 12.2. The number of rotatable bonds is 8. The molecule has 184 valence electrons. The summed E-state index contributed by atoms with van der Waals surface area (Å²) in [6.07, 6.45) is 8.68. The van der Waals surface area contributed by atoms with Gasteiger partial charge in [0.2, 0.25) is 0 Å². The number of carbonyl (C=O) groups excluding carboxylic acids is 2. The lowest BCUT2D eigenvalue weighted by molar-refractivity contribution is -0.144. The summed E-state index contributed by atoms with van der Waals surface area (Å²) < 4.78 is 0. The topological polar surface area (TPSA) is 95.5 Å². The van der Waals surface area contributed by atoms with Gasteiger partial charge in [0.1, 0.15) is 0 Å². The first-order chi connectivity index (χ1) is 16.8. The molecule has 0 spiro atoms. The van der Waals surface area contributed by atoms with Gasteiger partial charge in [-0.1, -0.05) is 75.2 Å². The SMILES string of the molecule is C/C=C(\C=C/C(C)C)NC(=O)Nc1ccc(-c2ccc(C(=O)C3CCCC[C@H]3C(=O)O)cc2)cc1. The summed E-state index contributed by atoms with van der Waals surface area (Å²) in [6.45, 7) is 6.01. The first-order valence-corrected chi connectivity index (χ1v) is 12.2. The molecule has 0 bridgehead atoms. The average Bonchev–Trinajstić information content (AvgIpc) is 2.86. The summed E-state index contributed by atoms with van der Waals surface area (Å²) in [7, 11) is 0. The lowest BCUT2D eigenvalue weighted by atomic mass is 9.75. The number of hydrogen-bond donors (Lipinski definition) is 3. The molecule has 3 N–H and O–H groups in total. The molecular formula is C29H34N2O4. The van der Waals surface area contributed by atoms with Crippen LogP contribution in [-0.4, -0.2) is 22.9 Å². The van der Waals surface area contributed by atoms with Crippen molar-refractivity contribution in [3.63, 3.8) is 0 Å². The Morgan fingerprint density at radius 2 is 1.49 bits per heavy atom. The molecule has 1 aliphatic carbocycles. The molecular weight excluding hydrogens is 440 g/mol. The lowest BCUT2D eigenvalue weighted by Gasteiger charge is -2.27. The maximum absolute atomic E-state index is 13.0. The summed E-state index contributed by atoms with van der Waals surface area (Å²) in [6, 6.07) is 14.4. The molecule has 2 amide bonds. The third-order valence-electron chi connectivity index (χ3n) is 6.30. The number of allylic oxidation sites excluding steroid dienone is 3. The van der Waals surface area contributed by atoms with Crippen LogP contribution in [0.15, 0.2) is 72.5 Å². The molecule has 6 heteroatoms. The Balaban J connectivity index is 1.63. The van der Waals surface area contributed by atoms with Gasteiger partial charge in [0.05, 0.1) is 5.92 Å². The Hall–Kier alpha value is -3.67. The summed E-state index contributed by atoms with van der Waals surface area (Å²) in [5.74, 6) is -1.62. The lowest BCUT2D eigenvalue weighted by Crippen LogP contribution is -2.32. The van der Waals surface area contributed by atoms with E-state index in [9.17, 15) is 19.5 Å². The molecule has 2 atom stereocenters. The number of ketones is 1. The van der Waals surface area contributed by atoms with Crippen molar-refractivity contribution in [2.24, 2.45) is 17.8 Å². The summed E-state index contributed by atoms with van der Waals surface area (Å²) in [5.41, 5.74) is 3.83. The van der Waals surface area contributed by atoms with E-state index in [1.165, 1.54) is 0 Å². The molecule has 1 fully saturated rings. The Bertz CT molecular complexity index is 1100. The number of hydrogen-bond acceptors (Lipinski definition) is 3. The van der Waals surface area contributed by atoms with E-state index in [0.29, 0.717) is 30.0 Å². The smallest absolute Gasteiger partial charge is 0.323 e. The normalized spacial score (nSPS) is 18.5. The van der Waals surface area contributed by atoms with E-state index in [1.807, 2.05) is 61.5 Å². The Morgan fingerprint density at radius 1 is 0.914 bits per heavy atom. The van der Waals surface area contributed by atoms with Crippen LogP contribution in [0.25, 0.3) is 11.1 Å². The highest BCUT2D eigenvalue weighted by molar-refractivity contribution is 6.00. The van der Waals surface area contributed by atoms with E-state index in [0.717, 1.165) is 29.7 Å². The van der Waals surface area contributed by atoms with Crippen LogP contribution < -0.4 is 10.6 Å². The molecule has 0 aromatic heterocycles. The highest BCUT2D eigenvalue weighted by Gasteiger charge is 2.35. The van der Waals surface area contributed by atoms with Gasteiger partial charge in [0.25, 0.3) is 0 Å². The summed E-state index contributed by atoms with van der Waals surface area (Å²) in [5, 5.41) is 15.1. The van der Waals surface area contributed by atoms with Crippen molar-refractivity contribution in [3.8, 4) is 11.1 Å². The Kier molecular flexibility index (Phi) is 9.01. The van der Waals surface area contributed by atoms with Gasteiger partial charge >= 0.3 is 12.0 Å². The highest BCUT2D eigenvalue weighted by Crippen LogP contribution is 2.33. The fourth-order valence-corrected chi connectivity index (χ4v) is 4.33. The molecule has 1 aliphatic rings. The third kappa shape index (κ3) is 7.15. The van der Waals surface area contributed by atoms with Crippen LogP contribution in [0.5, 0.6) is 0 Å². The molecule has 0 heterocycles. The van der Waals surface area contributed by atoms with Crippen molar-refractivity contribution in [3.05, 3.63) is 78.0 Å². The van der Waals surface area contributed by atoms with Gasteiger partial charge in [-0.15, -0.1) is 0 Å². The fourth-order valence-electron chi connectivity index (χ4n) is 4.33. The number of anilines is 1. The first-order valence-electron chi connectivity index (χ1n) is 12.2.